The molecular formula is C22H16N4O2. The minimum absolute atomic E-state index is 0.160. The minimum atomic E-state index is -0.160. The number of aromatic amines is 1. The first kappa shape index (κ1) is 16.3. The summed E-state index contributed by atoms with van der Waals surface area (Å²) in [5, 5.41) is 8.88. The summed E-state index contributed by atoms with van der Waals surface area (Å²) in [5.41, 5.74) is 3.33. The number of benzene rings is 2. The van der Waals surface area contributed by atoms with Crippen LogP contribution in [0.5, 0.6) is 5.75 Å². The number of H-pyrrole nitrogens is 1. The molecule has 3 heterocycles. The molecule has 5 aromatic rings. The fourth-order valence-electron chi connectivity index (χ4n) is 3.50. The number of methoxy groups -OCH3 is 1. The molecule has 0 radical (unpaired) electrons. The van der Waals surface area contributed by atoms with Crippen molar-refractivity contribution in [1.82, 2.24) is 19.7 Å². The van der Waals surface area contributed by atoms with Gasteiger partial charge in [0, 0.05) is 17.1 Å². The van der Waals surface area contributed by atoms with Gasteiger partial charge in [-0.05, 0) is 48.5 Å². The fourth-order valence-corrected chi connectivity index (χ4v) is 3.50. The zero-order valence-electron chi connectivity index (χ0n) is 15.1. The van der Waals surface area contributed by atoms with Crippen molar-refractivity contribution in [2.24, 2.45) is 0 Å². The van der Waals surface area contributed by atoms with Crippen LogP contribution in [0.25, 0.3) is 38.9 Å². The van der Waals surface area contributed by atoms with E-state index in [0.29, 0.717) is 22.2 Å². The van der Waals surface area contributed by atoms with Crippen molar-refractivity contribution in [3.05, 3.63) is 83.3 Å². The molecule has 0 bridgehead atoms. The van der Waals surface area contributed by atoms with Gasteiger partial charge in [0.15, 0.2) is 0 Å². The van der Waals surface area contributed by atoms with E-state index in [2.05, 4.69) is 15.2 Å². The van der Waals surface area contributed by atoms with Crippen LogP contribution in [-0.2, 0) is 0 Å². The van der Waals surface area contributed by atoms with E-state index in [9.17, 15) is 4.79 Å². The highest BCUT2D eigenvalue weighted by Crippen LogP contribution is 2.30. The average molecular weight is 368 g/mol. The van der Waals surface area contributed by atoms with Gasteiger partial charge in [-0.1, -0.05) is 18.2 Å². The molecule has 28 heavy (non-hydrogen) atoms. The average Bonchev–Trinajstić information content (AvgIpc) is 3.21. The van der Waals surface area contributed by atoms with E-state index in [1.54, 1.807) is 17.9 Å². The van der Waals surface area contributed by atoms with Crippen molar-refractivity contribution in [1.29, 1.82) is 0 Å². The number of para-hydroxylation sites is 1. The normalized spacial score (nSPS) is 11.2. The van der Waals surface area contributed by atoms with Gasteiger partial charge in [-0.15, -0.1) is 0 Å². The molecule has 0 aliphatic rings. The van der Waals surface area contributed by atoms with Crippen LogP contribution in [0, 0.1) is 0 Å². The number of nitrogens with one attached hydrogen (secondary N) is 1. The van der Waals surface area contributed by atoms with Crippen molar-refractivity contribution in [2.75, 3.05) is 7.11 Å². The standard InChI is InChI=1S/C22H16N4O2/c1-28-16-11-9-14(10-12-16)19-18-20(25-24-19)17-8-5-13-23-21(17)26(22(18)27)15-6-3-2-4-7-15/h2-13H,1H3,(H,24,25). The lowest BCUT2D eigenvalue weighted by Crippen LogP contribution is -2.20. The van der Waals surface area contributed by atoms with Gasteiger partial charge in [0.25, 0.3) is 5.56 Å². The van der Waals surface area contributed by atoms with Crippen LogP contribution in [0.1, 0.15) is 0 Å². The predicted molar refractivity (Wildman–Crippen MR) is 109 cm³/mol. The summed E-state index contributed by atoms with van der Waals surface area (Å²) in [6.45, 7) is 0. The quantitative estimate of drug-likeness (QED) is 0.524. The fraction of sp³-hybridized carbons (Fsp3) is 0.0455. The molecule has 6 heteroatoms. The van der Waals surface area contributed by atoms with Gasteiger partial charge < -0.3 is 4.74 Å². The Hall–Kier alpha value is -3.93. The Morgan fingerprint density at radius 3 is 2.50 bits per heavy atom. The number of hydrogen-bond acceptors (Lipinski definition) is 4. The Kier molecular flexibility index (Phi) is 3.69. The second-order valence-electron chi connectivity index (χ2n) is 6.40. The third-order valence-corrected chi connectivity index (χ3v) is 4.83. The molecular weight excluding hydrogens is 352 g/mol. The van der Waals surface area contributed by atoms with Gasteiger partial charge in [-0.25, -0.2) is 4.98 Å². The zero-order valence-corrected chi connectivity index (χ0v) is 15.1. The van der Waals surface area contributed by atoms with E-state index < -0.39 is 0 Å². The van der Waals surface area contributed by atoms with Crippen LogP contribution >= 0.6 is 0 Å². The molecule has 0 atom stereocenters. The molecule has 5 rings (SSSR count). The second kappa shape index (κ2) is 6.35. The number of fused-ring (bicyclic) bond motifs is 3. The van der Waals surface area contributed by atoms with Crippen LogP contribution in [-0.4, -0.2) is 26.9 Å². The number of ether oxygens (including phenoxy) is 1. The van der Waals surface area contributed by atoms with E-state index in [-0.39, 0.29) is 5.56 Å². The molecule has 0 spiro atoms. The Morgan fingerprint density at radius 2 is 1.75 bits per heavy atom. The van der Waals surface area contributed by atoms with Gasteiger partial charge in [0.05, 0.1) is 23.7 Å². The molecule has 3 aromatic heterocycles. The summed E-state index contributed by atoms with van der Waals surface area (Å²) in [7, 11) is 1.62. The highest BCUT2D eigenvalue weighted by Gasteiger charge is 2.19. The van der Waals surface area contributed by atoms with E-state index in [1.165, 1.54) is 0 Å². The van der Waals surface area contributed by atoms with Crippen molar-refractivity contribution in [2.45, 2.75) is 0 Å². The van der Waals surface area contributed by atoms with Gasteiger partial charge in [0.2, 0.25) is 0 Å². The highest BCUT2D eigenvalue weighted by molar-refractivity contribution is 6.07. The van der Waals surface area contributed by atoms with Gasteiger partial charge in [-0.3, -0.25) is 14.5 Å². The Bertz CT molecular complexity index is 1350. The van der Waals surface area contributed by atoms with Crippen molar-refractivity contribution in [3.63, 3.8) is 0 Å². The summed E-state index contributed by atoms with van der Waals surface area (Å²) in [5.74, 6) is 0.750. The number of hydrogen-bond donors (Lipinski definition) is 1. The van der Waals surface area contributed by atoms with E-state index in [1.807, 2.05) is 66.7 Å². The maximum absolute atomic E-state index is 13.6. The highest BCUT2D eigenvalue weighted by atomic mass is 16.5. The molecule has 0 fully saturated rings. The van der Waals surface area contributed by atoms with Gasteiger partial charge in [-0.2, -0.15) is 5.10 Å². The number of rotatable bonds is 3. The van der Waals surface area contributed by atoms with Crippen molar-refractivity contribution < 1.29 is 4.74 Å². The van der Waals surface area contributed by atoms with Crippen LogP contribution in [0.2, 0.25) is 0 Å². The molecule has 0 aliphatic carbocycles. The first-order chi connectivity index (χ1) is 13.8. The predicted octanol–water partition coefficient (Wildman–Crippen LogP) is 3.94. The lowest BCUT2D eigenvalue weighted by atomic mass is 10.1. The van der Waals surface area contributed by atoms with Gasteiger partial charge in [0.1, 0.15) is 17.1 Å². The minimum Gasteiger partial charge on any atom is -0.497 e. The summed E-state index contributed by atoms with van der Waals surface area (Å²) in [4.78, 5) is 18.0. The third-order valence-electron chi connectivity index (χ3n) is 4.83. The molecule has 0 saturated heterocycles. The van der Waals surface area contributed by atoms with Crippen molar-refractivity contribution >= 4 is 21.9 Å². The maximum atomic E-state index is 13.6. The van der Waals surface area contributed by atoms with Crippen molar-refractivity contribution in [3.8, 4) is 22.7 Å². The molecule has 0 amide bonds. The van der Waals surface area contributed by atoms with Crippen LogP contribution < -0.4 is 10.3 Å². The SMILES string of the molecule is COc1ccc(-c2n[nH]c3c2c(=O)n(-c2ccccc2)c2ncccc32)cc1. The van der Waals surface area contributed by atoms with Crippen LogP contribution in [0.15, 0.2) is 77.7 Å². The molecule has 0 saturated carbocycles. The first-order valence-electron chi connectivity index (χ1n) is 8.85. The third kappa shape index (κ3) is 2.39. The van der Waals surface area contributed by atoms with E-state index >= 15 is 0 Å². The monoisotopic (exact) mass is 368 g/mol. The summed E-state index contributed by atoms with van der Waals surface area (Å²) in [6.07, 6.45) is 1.69. The topological polar surface area (TPSA) is 72.8 Å². The molecule has 6 nitrogen and oxygen atoms in total. The van der Waals surface area contributed by atoms with E-state index in [4.69, 9.17) is 4.74 Å². The summed E-state index contributed by atoms with van der Waals surface area (Å²) >= 11 is 0. The number of aromatic nitrogens is 4. The molecule has 1 N–H and O–H groups in total. The van der Waals surface area contributed by atoms with Crippen LogP contribution in [0.4, 0.5) is 0 Å². The molecule has 136 valence electrons. The Balaban J connectivity index is 1.89. The number of nitrogens with zero attached hydrogens (tertiary/aromatic N) is 3. The maximum Gasteiger partial charge on any atom is 0.268 e. The second-order valence-corrected chi connectivity index (χ2v) is 6.40. The van der Waals surface area contributed by atoms with E-state index in [0.717, 1.165) is 22.4 Å². The Labute approximate surface area is 160 Å². The van der Waals surface area contributed by atoms with Crippen LogP contribution in [0.3, 0.4) is 0 Å². The zero-order chi connectivity index (χ0) is 19.1. The lowest BCUT2D eigenvalue weighted by molar-refractivity contribution is 0.415. The molecule has 0 unspecified atom stereocenters. The Morgan fingerprint density at radius 1 is 0.964 bits per heavy atom. The lowest BCUT2D eigenvalue weighted by Gasteiger charge is -2.10. The summed E-state index contributed by atoms with van der Waals surface area (Å²) in [6, 6.07) is 20.8. The smallest absolute Gasteiger partial charge is 0.268 e. The van der Waals surface area contributed by atoms with Gasteiger partial charge >= 0.3 is 0 Å². The largest absolute Gasteiger partial charge is 0.497 e. The molecule has 2 aromatic carbocycles. The molecule has 0 aliphatic heterocycles. The number of pyridine rings is 2. The summed E-state index contributed by atoms with van der Waals surface area (Å²) < 4.78 is 6.87. The first-order valence-corrected chi connectivity index (χ1v) is 8.85.